The first-order chi connectivity index (χ1) is 10.2. The molecule has 0 aliphatic carbocycles. The van der Waals surface area contributed by atoms with Gasteiger partial charge in [0.05, 0.1) is 11.1 Å². The van der Waals surface area contributed by atoms with Gasteiger partial charge in [0.25, 0.3) is 0 Å². The SMILES string of the molecule is NC(=O)c1cc(C=O)nc2ccc(-c3ccncc3)cc12. The molecule has 0 fully saturated rings. The average molecular weight is 277 g/mol. The first-order valence-corrected chi connectivity index (χ1v) is 6.29. The number of carbonyl (C=O) groups is 2. The highest BCUT2D eigenvalue weighted by atomic mass is 16.1. The highest BCUT2D eigenvalue weighted by molar-refractivity contribution is 6.07. The van der Waals surface area contributed by atoms with Crippen LogP contribution >= 0.6 is 0 Å². The Hall–Kier alpha value is -3.08. The van der Waals surface area contributed by atoms with E-state index in [4.69, 9.17) is 5.73 Å². The second kappa shape index (κ2) is 5.13. The van der Waals surface area contributed by atoms with Gasteiger partial charge in [-0.05, 0) is 41.5 Å². The Morgan fingerprint density at radius 1 is 1.05 bits per heavy atom. The molecule has 1 aromatic carbocycles. The monoisotopic (exact) mass is 277 g/mol. The number of hydrogen-bond donors (Lipinski definition) is 1. The van der Waals surface area contributed by atoms with Crippen LogP contribution in [0.15, 0.2) is 48.8 Å². The van der Waals surface area contributed by atoms with Gasteiger partial charge >= 0.3 is 0 Å². The fourth-order valence-electron chi connectivity index (χ4n) is 2.23. The molecule has 0 radical (unpaired) electrons. The molecule has 0 atom stereocenters. The number of nitrogens with zero attached hydrogens (tertiary/aromatic N) is 2. The van der Waals surface area contributed by atoms with Crippen LogP contribution in [0.3, 0.4) is 0 Å². The van der Waals surface area contributed by atoms with E-state index >= 15 is 0 Å². The molecule has 2 N–H and O–H groups in total. The Balaban J connectivity index is 2.28. The third-order valence-corrected chi connectivity index (χ3v) is 3.23. The molecule has 3 aromatic rings. The van der Waals surface area contributed by atoms with E-state index in [2.05, 4.69) is 9.97 Å². The van der Waals surface area contributed by atoms with E-state index < -0.39 is 5.91 Å². The molecule has 102 valence electrons. The van der Waals surface area contributed by atoms with Crippen LogP contribution in [-0.4, -0.2) is 22.2 Å². The maximum absolute atomic E-state index is 11.6. The first-order valence-electron chi connectivity index (χ1n) is 6.29. The van der Waals surface area contributed by atoms with Gasteiger partial charge in [0.15, 0.2) is 6.29 Å². The molecule has 3 rings (SSSR count). The molecule has 0 aliphatic heterocycles. The van der Waals surface area contributed by atoms with E-state index in [1.54, 1.807) is 18.5 Å². The van der Waals surface area contributed by atoms with Gasteiger partial charge in [-0.15, -0.1) is 0 Å². The summed E-state index contributed by atoms with van der Waals surface area (Å²) in [4.78, 5) is 30.7. The van der Waals surface area contributed by atoms with Crippen molar-refractivity contribution in [2.45, 2.75) is 0 Å². The van der Waals surface area contributed by atoms with Crippen LogP contribution in [-0.2, 0) is 0 Å². The summed E-state index contributed by atoms with van der Waals surface area (Å²) in [6, 6.07) is 10.6. The molecular weight excluding hydrogens is 266 g/mol. The highest BCUT2D eigenvalue weighted by Crippen LogP contribution is 2.25. The lowest BCUT2D eigenvalue weighted by Crippen LogP contribution is -2.12. The van der Waals surface area contributed by atoms with E-state index in [1.807, 2.05) is 24.3 Å². The normalized spacial score (nSPS) is 10.5. The molecule has 0 aliphatic rings. The lowest BCUT2D eigenvalue weighted by atomic mass is 10.0. The van der Waals surface area contributed by atoms with Gasteiger partial charge in [0.1, 0.15) is 5.69 Å². The largest absolute Gasteiger partial charge is 0.366 e. The summed E-state index contributed by atoms with van der Waals surface area (Å²) < 4.78 is 0. The number of hydrogen-bond acceptors (Lipinski definition) is 4. The maximum Gasteiger partial charge on any atom is 0.249 e. The second-order valence-electron chi connectivity index (χ2n) is 4.54. The zero-order chi connectivity index (χ0) is 14.8. The minimum atomic E-state index is -0.586. The van der Waals surface area contributed by atoms with Crippen molar-refractivity contribution in [3.8, 4) is 11.1 Å². The summed E-state index contributed by atoms with van der Waals surface area (Å²) >= 11 is 0. The number of primary amides is 1. The number of benzene rings is 1. The van der Waals surface area contributed by atoms with E-state index in [-0.39, 0.29) is 11.3 Å². The fourth-order valence-corrected chi connectivity index (χ4v) is 2.23. The topological polar surface area (TPSA) is 85.9 Å². The highest BCUT2D eigenvalue weighted by Gasteiger charge is 2.11. The molecule has 21 heavy (non-hydrogen) atoms. The molecule has 0 bridgehead atoms. The van der Waals surface area contributed by atoms with Crippen LogP contribution < -0.4 is 5.73 Å². The number of fused-ring (bicyclic) bond motifs is 1. The molecule has 0 saturated heterocycles. The fraction of sp³-hybridized carbons (Fsp3) is 0. The second-order valence-corrected chi connectivity index (χ2v) is 4.54. The first kappa shape index (κ1) is 12.9. The van der Waals surface area contributed by atoms with Crippen LogP contribution in [0.5, 0.6) is 0 Å². The number of aldehydes is 1. The number of pyridine rings is 2. The standard InChI is InChI=1S/C16H11N3O2/c17-16(21)14-8-12(9-20)19-15-2-1-11(7-13(14)15)10-3-5-18-6-4-10/h1-9H,(H2,17,21). The van der Waals surface area contributed by atoms with Crippen molar-refractivity contribution in [1.82, 2.24) is 9.97 Å². The molecule has 0 unspecified atom stereocenters. The molecular formula is C16H11N3O2. The van der Waals surface area contributed by atoms with Crippen LogP contribution in [0.25, 0.3) is 22.0 Å². The minimum Gasteiger partial charge on any atom is -0.366 e. The lowest BCUT2D eigenvalue weighted by molar-refractivity contribution is 0.100. The predicted octanol–water partition coefficient (Wildman–Crippen LogP) is 2.21. The van der Waals surface area contributed by atoms with Gasteiger partial charge in [0, 0.05) is 17.8 Å². The summed E-state index contributed by atoms with van der Waals surface area (Å²) in [6.45, 7) is 0. The Bertz CT molecular complexity index is 845. The summed E-state index contributed by atoms with van der Waals surface area (Å²) in [5.74, 6) is -0.586. The van der Waals surface area contributed by atoms with Crippen LogP contribution in [0.2, 0.25) is 0 Å². The molecule has 5 nitrogen and oxygen atoms in total. The number of amides is 1. The lowest BCUT2D eigenvalue weighted by Gasteiger charge is -2.07. The Morgan fingerprint density at radius 2 is 1.81 bits per heavy atom. The van der Waals surface area contributed by atoms with Crippen molar-refractivity contribution >= 4 is 23.1 Å². The Labute approximate surface area is 120 Å². The molecule has 0 saturated carbocycles. The molecule has 5 heteroatoms. The molecule has 1 amide bonds. The molecule has 2 heterocycles. The summed E-state index contributed by atoms with van der Waals surface area (Å²) in [7, 11) is 0. The van der Waals surface area contributed by atoms with Crippen molar-refractivity contribution in [3.63, 3.8) is 0 Å². The van der Waals surface area contributed by atoms with Crippen molar-refractivity contribution in [2.75, 3.05) is 0 Å². The number of rotatable bonds is 3. The summed E-state index contributed by atoms with van der Waals surface area (Å²) in [5.41, 5.74) is 8.34. The Kier molecular flexibility index (Phi) is 3.16. The van der Waals surface area contributed by atoms with Crippen LogP contribution in [0.1, 0.15) is 20.8 Å². The van der Waals surface area contributed by atoms with Gasteiger partial charge < -0.3 is 5.73 Å². The smallest absolute Gasteiger partial charge is 0.249 e. The van der Waals surface area contributed by atoms with E-state index in [0.717, 1.165) is 11.1 Å². The van der Waals surface area contributed by atoms with Crippen molar-refractivity contribution in [2.24, 2.45) is 5.73 Å². The van der Waals surface area contributed by atoms with E-state index in [0.29, 0.717) is 17.2 Å². The summed E-state index contributed by atoms with van der Waals surface area (Å²) in [5, 5.41) is 0.627. The van der Waals surface area contributed by atoms with Gasteiger partial charge in [-0.25, -0.2) is 4.98 Å². The van der Waals surface area contributed by atoms with E-state index in [9.17, 15) is 9.59 Å². The molecule has 0 spiro atoms. The third-order valence-electron chi connectivity index (χ3n) is 3.23. The van der Waals surface area contributed by atoms with E-state index in [1.165, 1.54) is 6.07 Å². The third kappa shape index (κ3) is 2.36. The van der Waals surface area contributed by atoms with Crippen molar-refractivity contribution in [3.05, 3.63) is 60.0 Å². The quantitative estimate of drug-likeness (QED) is 0.744. The van der Waals surface area contributed by atoms with Gasteiger partial charge in [-0.3, -0.25) is 14.6 Å². The van der Waals surface area contributed by atoms with Gasteiger partial charge in [0.2, 0.25) is 5.91 Å². The number of aromatic nitrogens is 2. The van der Waals surface area contributed by atoms with Crippen LogP contribution in [0, 0.1) is 0 Å². The maximum atomic E-state index is 11.6. The van der Waals surface area contributed by atoms with Crippen molar-refractivity contribution < 1.29 is 9.59 Å². The minimum absolute atomic E-state index is 0.188. The zero-order valence-corrected chi connectivity index (χ0v) is 11.0. The number of nitrogens with two attached hydrogens (primary N) is 1. The zero-order valence-electron chi connectivity index (χ0n) is 11.0. The van der Waals surface area contributed by atoms with Crippen molar-refractivity contribution in [1.29, 1.82) is 0 Å². The summed E-state index contributed by atoms with van der Waals surface area (Å²) in [6.07, 6.45) is 3.99. The number of carbonyl (C=O) groups excluding carboxylic acids is 2. The molecule has 2 aromatic heterocycles. The van der Waals surface area contributed by atoms with Gasteiger partial charge in [-0.2, -0.15) is 0 Å². The van der Waals surface area contributed by atoms with Crippen LogP contribution in [0.4, 0.5) is 0 Å². The average Bonchev–Trinajstić information content (AvgIpc) is 2.54. The Morgan fingerprint density at radius 3 is 2.48 bits per heavy atom. The van der Waals surface area contributed by atoms with Gasteiger partial charge in [-0.1, -0.05) is 6.07 Å². The predicted molar refractivity (Wildman–Crippen MR) is 78.9 cm³/mol.